The van der Waals surface area contributed by atoms with E-state index in [1.54, 1.807) is 12.3 Å². The summed E-state index contributed by atoms with van der Waals surface area (Å²) in [6, 6.07) is 5.49. The number of rotatable bonds is 3. The number of nitrogens with one attached hydrogen (secondary N) is 1. The maximum Gasteiger partial charge on any atom is 0.418 e. The molecule has 0 aliphatic carbocycles. The molecule has 0 atom stereocenters. The van der Waals surface area contributed by atoms with Crippen molar-refractivity contribution in [1.82, 2.24) is 9.80 Å². The fraction of sp³-hybridized carbons (Fsp3) is 0.389. The van der Waals surface area contributed by atoms with Crippen LogP contribution in [0, 0.1) is 5.82 Å². The van der Waals surface area contributed by atoms with Crippen molar-refractivity contribution in [3.8, 4) is 0 Å². The number of benzene rings is 1. The Morgan fingerprint density at radius 3 is 2.63 bits per heavy atom. The summed E-state index contributed by atoms with van der Waals surface area (Å²) in [5.41, 5.74) is -2.04. The molecule has 0 bridgehead atoms. The third-order valence-electron chi connectivity index (χ3n) is 4.39. The molecule has 0 radical (unpaired) electrons. The number of halogens is 4. The van der Waals surface area contributed by atoms with Gasteiger partial charge in [-0.15, -0.1) is 0 Å². The zero-order chi connectivity index (χ0) is 19.4. The van der Waals surface area contributed by atoms with Crippen molar-refractivity contribution >= 4 is 11.7 Å². The van der Waals surface area contributed by atoms with Crippen molar-refractivity contribution in [3.05, 3.63) is 53.7 Å². The van der Waals surface area contributed by atoms with Gasteiger partial charge in [0, 0.05) is 26.2 Å². The SMILES string of the molecule is O=C(Nc1c(F)cccc1C(F)(F)F)N1CCCN(Cc2ccco2)CC1. The van der Waals surface area contributed by atoms with E-state index in [0.717, 1.165) is 30.5 Å². The minimum absolute atomic E-state index is 0.322. The van der Waals surface area contributed by atoms with Gasteiger partial charge >= 0.3 is 12.2 Å². The van der Waals surface area contributed by atoms with Gasteiger partial charge in [0.15, 0.2) is 0 Å². The van der Waals surface area contributed by atoms with E-state index in [9.17, 15) is 22.4 Å². The molecule has 2 amide bonds. The van der Waals surface area contributed by atoms with Gasteiger partial charge < -0.3 is 14.6 Å². The summed E-state index contributed by atoms with van der Waals surface area (Å²) in [6.45, 7) is 2.54. The highest BCUT2D eigenvalue weighted by Crippen LogP contribution is 2.36. The van der Waals surface area contributed by atoms with Gasteiger partial charge in [0.2, 0.25) is 0 Å². The van der Waals surface area contributed by atoms with Crippen LogP contribution in [0.4, 0.5) is 28.0 Å². The summed E-state index contributed by atoms with van der Waals surface area (Å²) in [7, 11) is 0. The number of furan rings is 1. The van der Waals surface area contributed by atoms with Gasteiger partial charge in [-0.25, -0.2) is 9.18 Å². The van der Waals surface area contributed by atoms with Crippen LogP contribution in [0.1, 0.15) is 17.7 Å². The Morgan fingerprint density at radius 2 is 1.93 bits per heavy atom. The Kier molecular flexibility index (Phi) is 5.69. The van der Waals surface area contributed by atoms with Crippen molar-refractivity contribution in [2.24, 2.45) is 0 Å². The lowest BCUT2D eigenvalue weighted by Crippen LogP contribution is -2.38. The molecule has 9 heteroatoms. The second-order valence-electron chi connectivity index (χ2n) is 6.29. The van der Waals surface area contributed by atoms with Crippen LogP contribution in [0.25, 0.3) is 0 Å². The van der Waals surface area contributed by atoms with Crippen LogP contribution < -0.4 is 5.32 Å². The van der Waals surface area contributed by atoms with Gasteiger partial charge in [-0.2, -0.15) is 13.2 Å². The summed E-state index contributed by atoms with van der Waals surface area (Å²) in [5.74, 6) is -0.318. The minimum Gasteiger partial charge on any atom is -0.468 e. The summed E-state index contributed by atoms with van der Waals surface area (Å²) in [6.07, 6.45) is -2.53. The van der Waals surface area contributed by atoms with Crippen molar-refractivity contribution < 1.29 is 26.8 Å². The predicted octanol–water partition coefficient (Wildman–Crippen LogP) is 4.18. The van der Waals surface area contributed by atoms with E-state index >= 15 is 0 Å². The fourth-order valence-electron chi connectivity index (χ4n) is 3.03. The molecule has 27 heavy (non-hydrogen) atoms. The van der Waals surface area contributed by atoms with E-state index in [4.69, 9.17) is 4.42 Å². The molecule has 5 nitrogen and oxygen atoms in total. The number of anilines is 1. The van der Waals surface area contributed by atoms with E-state index in [1.165, 1.54) is 4.90 Å². The summed E-state index contributed by atoms with van der Waals surface area (Å²) >= 11 is 0. The fourth-order valence-corrected chi connectivity index (χ4v) is 3.03. The number of alkyl halides is 3. The molecular weight excluding hydrogens is 366 g/mol. The molecule has 1 saturated heterocycles. The van der Waals surface area contributed by atoms with Gasteiger partial charge in [-0.1, -0.05) is 6.07 Å². The molecule has 1 N–H and O–H groups in total. The quantitative estimate of drug-likeness (QED) is 0.807. The number of amides is 2. The van der Waals surface area contributed by atoms with Gasteiger partial charge in [0.1, 0.15) is 11.6 Å². The zero-order valence-corrected chi connectivity index (χ0v) is 14.4. The van der Waals surface area contributed by atoms with Crippen LogP contribution >= 0.6 is 0 Å². The molecule has 1 fully saturated rings. The highest BCUT2D eigenvalue weighted by Gasteiger charge is 2.35. The Labute approximate surface area is 153 Å². The lowest BCUT2D eigenvalue weighted by Gasteiger charge is -2.23. The summed E-state index contributed by atoms with van der Waals surface area (Å²) in [5, 5.41) is 2.10. The smallest absolute Gasteiger partial charge is 0.418 e. The second-order valence-corrected chi connectivity index (χ2v) is 6.29. The van der Waals surface area contributed by atoms with Crippen molar-refractivity contribution in [1.29, 1.82) is 0 Å². The molecule has 2 heterocycles. The second kappa shape index (κ2) is 7.99. The maximum absolute atomic E-state index is 13.9. The van der Waals surface area contributed by atoms with Crippen LogP contribution in [0.3, 0.4) is 0 Å². The lowest BCUT2D eigenvalue weighted by molar-refractivity contribution is -0.137. The molecule has 1 aromatic carbocycles. The third kappa shape index (κ3) is 4.79. The van der Waals surface area contributed by atoms with E-state index in [1.807, 2.05) is 6.07 Å². The Morgan fingerprint density at radius 1 is 1.11 bits per heavy atom. The lowest BCUT2D eigenvalue weighted by atomic mass is 10.1. The van der Waals surface area contributed by atoms with E-state index in [-0.39, 0.29) is 0 Å². The van der Waals surface area contributed by atoms with Crippen LogP contribution in [0.2, 0.25) is 0 Å². The number of para-hydroxylation sites is 1. The van der Waals surface area contributed by atoms with Crippen molar-refractivity contribution in [2.75, 3.05) is 31.5 Å². The van der Waals surface area contributed by atoms with Crippen LogP contribution in [0.5, 0.6) is 0 Å². The first-order valence-corrected chi connectivity index (χ1v) is 8.51. The van der Waals surface area contributed by atoms with E-state index in [0.29, 0.717) is 32.6 Å². The number of hydrogen-bond acceptors (Lipinski definition) is 3. The minimum atomic E-state index is -4.76. The van der Waals surface area contributed by atoms with Gasteiger partial charge in [0.25, 0.3) is 0 Å². The Balaban J connectivity index is 1.65. The van der Waals surface area contributed by atoms with Crippen LogP contribution in [0.15, 0.2) is 41.0 Å². The molecule has 1 aliphatic heterocycles. The number of nitrogens with zero attached hydrogens (tertiary/aromatic N) is 2. The molecule has 3 rings (SSSR count). The van der Waals surface area contributed by atoms with E-state index in [2.05, 4.69) is 10.2 Å². The monoisotopic (exact) mass is 385 g/mol. The molecule has 0 saturated carbocycles. The molecule has 0 spiro atoms. The van der Waals surface area contributed by atoms with Gasteiger partial charge in [-0.05, 0) is 30.7 Å². The van der Waals surface area contributed by atoms with Crippen molar-refractivity contribution in [2.45, 2.75) is 19.1 Å². The number of urea groups is 1. The molecule has 1 aliphatic rings. The number of carbonyl (C=O) groups is 1. The Hall–Kier alpha value is -2.55. The normalized spacial score (nSPS) is 16.2. The first-order chi connectivity index (χ1) is 12.8. The first kappa shape index (κ1) is 19.2. The van der Waals surface area contributed by atoms with Crippen LogP contribution in [-0.4, -0.2) is 42.0 Å². The molecular formula is C18H19F4N3O2. The van der Waals surface area contributed by atoms with Gasteiger partial charge in [-0.3, -0.25) is 4.90 Å². The Bertz CT molecular complexity index is 777. The molecule has 1 aromatic heterocycles. The molecule has 0 unspecified atom stereocenters. The van der Waals surface area contributed by atoms with Crippen molar-refractivity contribution in [3.63, 3.8) is 0 Å². The van der Waals surface area contributed by atoms with Gasteiger partial charge in [0.05, 0.1) is 24.1 Å². The molecule has 146 valence electrons. The first-order valence-electron chi connectivity index (χ1n) is 8.51. The highest BCUT2D eigenvalue weighted by atomic mass is 19.4. The summed E-state index contributed by atoms with van der Waals surface area (Å²) in [4.78, 5) is 15.9. The number of hydrogen-bond donors (Lipinski definition) is 1. The molecule has 2 aromatic rings. The van der Waals surface area contributed by atoms with E-state index < -0.39 is 29.3 Å². The topological polar surface area (TPSA) is 48.7 Å². The largest absolute Gasteiger partial charge is 0.468 e. The maximum atomic E-state index is 13.9. The standard InChI is InChI=1S/C18H19F4N3O2/c19-15-6-1-5-14(18(20,21)22)16(15)23-17(26)25-8-3-7-24(9-10-25)12-13-4-2-11-27-13/h1-2,4-6,11H,3,7-10,12H2,(H,23,26). The third-order valence-corrected chi connectivity index (χ3v) is 4.39. The van der Waals surface area contributed by atoms with Crippen LogP contribution in [-0.2, 0) is 12.7 Å². The summed E-state index contributed by atoms with van der Waals surface area (Å²) < 4.78 is 58.4. The number of carbonyl (C=O) groups excluding carboxylic acids is 1. The average molecular weight is 385 g/mol. The predicted molar refractivity (Wildman–Crippen MR) is 90.6 cm³/mol. The zero-order valence-electron chi connectivity index (χ0n) is 14.4. The average Bonchev–Trinajstić information content (AvgIpc) is 3.00. The highest BCUT2D eigenvalue weighted by molar-refractivity contribution is 5.90.